The molecular weight excluding hydrogens is 222 g/mol. The predicted octanol–water partition coefficient (Wildman–Crippen LogP) is 1.97. The van der Waals surface area contributed by atoms with Crippen LogP contribution in [0.5, 0.6) is 0 Å². The molecule has 0 aromatic carbocycles. The zero-order valence-electron chi connectivity index (χ0n) is 10.4. The van der Waals surface area contributed by atoms with Crippen LogP contribution in [0.4, 0.5) is 0 Å². The van der Waals surface area contributed by atoms with E-state index in [0.29, 0.717) is 6.04 Å². The zero-order valence-corrected chi connectivity index (χ0v) is 11.2. The topological polar surface area (TPSA) is 21.7 Å². The number of thioether (sulfide) groups is 1. The first kappa shape index (κ1) is 12.7. The monoisotopic (exact) mass is 245 g/mol. The summed E-state index contributed by atoms with van der Waals surface area (Å²) in [6.45, 7) is 8.72. The van der Waals surface area contributed by atoms with Crippen molar-refractivity contribution in [3.8, 4) is 0 Å². The molecular formula is C12H23NO2S. The molecule has 2 heterocycles. The number of ether oxygens (including phenoxy) is 2. The second-order valence-corrected chi connectivity index (χ2v) is 6.15. The van der Waals surface area contributed by atoms with E-state index in [2.05, 4.69) is 30.5 Å². The van der Waals surface area contributed by atoms with Crippen molar-refractivity contribution >= 4 is 11.8 Å². The van der Waals surface area contributed by atoms with Crippen LogP contribution in [0.1, 0.15) is 26.7 Å². The Kier molecular flexibility index (Phi) is 4.95. The van der Waals surface area contributed by atoms with Gasteiger partial charge in [-0.1, -0.05) is 6.92 Å². The summed E-state index contributed by atoms with van der Waals surface area (Å²) in [6.07, 6.45) is 2.11. The molecule has 0 aromatic rings. The molecule has 2 rings (SSSR count). The van der Waals surface area contributed by atoms with Gasteiger partial charge in [0.2, 0.25) is 0 Å². The van der Waals surface area contributed by atoms with Gasteiger partial charge in [-0.15, -0.1) is 0 Å². The first-order valence-corrected chi connectivity index (χ1v) is 7.41. The maximum absolute atomic E-state index is 5.58. The fourth-order valence-electron chi connectivity index (χ4n) is 2.29. The summed E-state index contributed by atoms with van der Waals surface area (Å²) in [7, 11) is 0. The molecule has 2 unspecified atom stereocenters. The van der Waals surface area contributed by atoms with Crippen LogP contribution in [-0.2, 0) is 9.47 Å². The van der Waals surface area contributed by atoms with Gasteiger partial charge in [-0.3, -0.25) is 4.90 Å². The van der Waals surface area contributed by atoms with Crippen molar-refractivity contribution in [2.45, 2.75) is 44.3 Å². The lowest BCUT2D eigenvalue weighted by molar-refractivity contribution is -0.183. The number of hydrogen-bond acceptors (Lipinski definition) is 4. The molecule has 3 nitrogen and oxygen atoms in total. The molecule has 0 amide bonds. The van der Waals surface area contributed by atoms with E-state index in [-0.39, 0.29) is 6.29 Å². The maximum atomic E-state index is 5.58. The van der Waals surface area contributed by atoms with Crippen molar-refractivity contribution in [1.82, 2.24) is 4.90 Å². The molecule has 16 heavy (non-hydrogen) atoms. The van der Waals surface area contributed by atoms with E-state index in [9.17, 15) is 0 Å². The van der Waals surface area contributed by atoms with Gasteiger partial charge in [0, 0.05) is 36.6 Å². The van der Waals surface area contributed by atoms with Crippen LogP contribution < -0.4 is 0 Å². The minimum atomic E-state index is 0.0471. The number of rotatable bonds is 3. The Morgan fingerprint density at radius 2 is 2.00 bits per heavy atom. The summed E-state index contributed by atoms with van der Waals surface area (Å²) < 4.78 is 11.2. The molecule has 94 valence electrons. The van der Waals surface area contributed by atoms with Gasteiger partial charge in [-0.2, -0.15) is 11.8 Å². The van der Waals surface area contributed by atoms with Gasteiger partial charge in [0.25, 0.3) is 0 Å². The van der Waals surface area contributed by atoms with Gasteiger partial charge in [0.1, 0.15) is 0 Å². The summed E-state index contributed by atoms with van der Waals surface area (Å²) >= 11 is 2.09. The fraction of sp³-hybridized carbons (Fsp3) is 1.00. The van der Waals surface area contributed by atoms with Crippen molar-refractivity contribution < 1.29 is 9.47 Å². The van der Waals surface area contributed by atoms with Crippen molar-refractivity contribution in [1.29, 1.82) is 0 Å². The average molecular weight is 245 g/mol. The zero-order chi connectivity index (χ0) is 11.4. The summed E-state index contributed by atoms with van der Waals surface area (Å²) in [4.78, 5) is 2.57. The van der Waals surface area contributed by atoms with Crippen LogP contribution in [0.25, 0.3) is 0 Å². The van der Waals surface area contributed by atoms with Gasteiger partial charge >= 0.3 is 0 Å². The largest absolute Gasteiger partial charge is 0.353 e. The van der Waals surface area contributed by atoms with Gasteiger partial charge in [0.15, 0.2) is 6.29 Å². The van der Waals surface area contributed by atoms with Crippen LogP contribution in [0.15, 0.2) is 0 Å². The first-order valence-electron chi connectivity index (χ1n) is 6.36. The van der Waals surface area contributed by atoms with Crippen LogP contribution in [0.3, 0.4) is 0 Å². The summed E-state index contributed by atoms with van der Waals surface area (Å²) in [5.74, 6) is 1.26. The lowest BCUT2D eigenvalue weighted by Crippen LogP contribution is -2.46. The van der Waals surface area contributed by atoms with E-state index < -0.39 is 0 Å². The second-order valence-electron chi connectivity index (χ2n) is 4.67. The van der Waals surface area contributed by atoms with Crippen molar-refractivity contribution in [2.24, 2.45) is 0 Å². The fourth-order valence-corrected chi connectivity index (χ4v) is 3.45. The highest BCUT2D eigenvalue weighted by atomic mass is 32.2. The summed E-state index contributed by atoms with van der Waals surface area (Å²) in [6, 6.07) is 0.683. The minimum absolute atomic E-state index is 0.0471. The molecule has 4 heteroatoms. The Labute approximate surface area is 103 Å². The Balaban J connectivity index is 1.71. The Morgan fingerprint density at radius 1 is 1.25 bits per heavy atom. The van der Waals surface area contributed by atoms with Crippen LogP contribution in [0.2, 0.25) is 0 Å². The third kappa shape index (κ3) is 3.36. The molecule has 0 saturated carbocycles. The third-order valence-electron chi connectivity index (χ3n) is 3.56. The Hall–Kier alpha value is 0.230. The average Bonchev–Trinajstić information content (AvgIpc) is 2.32. The van der Waals surface area contributed by atoms with Crippen molar-refractivity contribution in [3.63, 3.8) is 0 Å². The molecule has 0 bridgehead atoms. The smallest absolute Gasteiger partial charge is 0.158 e. The SMILES string of the molecule is CC1SCCN(CCC2OCCCO2)C1C. The lowest BCUT2D eigenvalue weighted by atomic mass is 10.2. The van der Waals surface area contributed by atoms with Gasteiger partial charge < -0.3 is 9.47 Å². The lowest BCUT2D eigenvalue weighted by Gasteiger charge is -2.38. The molecule has 0 aromatic heterocycles. The predicted molar refractivity (Wildman–Crippen MR) is 67.9 cm³/mol. The highest BCUT2D eigenvalue weighted by Crippen LogP contribution is 2.24. The van der Waals surface area contributed by atoms with Gasteiger partial charge in [-0.25, -0.2) is 0 Å². The van der Waals surface area contributed by atoms with E-state index in [1.807, 2.05) is 0 Å². The summed E-state index contributed by atoms with van der Waals surface area (Å²) in [5, 5.41) is 0.752. The second kappa shape index (κ2) is 6.24. The molecule has 2 saturated heterocycles. The molecule has 0 radical (unpaired) electrons. The van der Waals surface area contributed by atoms with Crippen LogP contribution in [-0.4, -0.2) is 54.5 Å². The standard InChI is InChI=1S/C12H23NO2S/c1-10-11(2)16-9-6-13(10)5-4-12-14-7-3-8-15-12/h10-12H,3-9H2,1-2H3. The Bertz CT molecular complexity index is 209. The van der Waals surface area contributed by atoms with Gasteiger partial charge in [0.05, 0.1) is 13.2 Å². The van der Waals surface area contributed by atoms with Gasteiger partial charge in [-0.05, 0) is 13.3 Å². The molecule has 0 aliphatic carbocycles. The number of hydrogen-bond donors (Lipinski definition) is 0. The van der Waals surface area contributed by atoms with Crippen LogP contribution in [0, 0.1) is 0 Å². The van der Waals surface area contributed by atoms with Crippen LogP contribution >= 0.6 is 11.8 Å². The maximum Gasteiger partial charge on any atom is 0.158 e. The van der Waals surface area contributed by atoms with Crippen molar-refractivity contribution in [2.75, 3.05) is 32.1 Å². The Morgan fingerprint density at radius 3 is 2.75 bits per heavy atom. The highest BCUT2D eigenvalue weighted by Gasteiger charge is 2.26. The summed E-state index contributed by atoms with van der Waals surface area (Å²) in [5.41, 5.74) is 0. The van der Waals surface area contributed by atoms with E-state index in [1.165, 1.54) is 12.3 Å². The molecule has 0 N–H and O–H groups in total. The minimum Gasteiger partial charge on any atom is -0.353 e. The first-order chi connectivity index (χ1) is 7.77. The van der Waals surface area contributed by atoms with E-state index in [4.69, 9.17) is 9.47 Å². The normalized spacial score (nSPS) is 34.1. The number of nitrogens with zero attached hydrogens (tertiary/aromatic N) is 1. The molecule has 2 fully saturated rings. The van der Waals surface area contributed by atoms with Crippen molar-refractivity contribution in [3.05, 3.63) is 0 Å². The third-order valence-corrected chi connectivity index (χ3v) is 4.90. The molecule has 0 spiro atoms. The molecule has 2 aliphatic rings. The quantitative estimate of drug-likeness (QED) is 0.758. The van der Waals surface area contributed by atoms with E-state index in [1.54, 1.807) is 0 Å². The highest BCUT2D eigenvalue weighted by molar-refractivity contribution is 8.00. The van der Waals surface area contributed by atoms with E-state index >= 15 is 0 Å². The molecule has 2 atom stereocenters. The molecule has 2 aliphatic heterocycles. The van der Waals surface area contributed by atoms with E-state index in [0.717, 1.165) is 37.9 Å².